The number of benzene rings is 1. The number of hydrogen-bond donors (Lipinski definition) is 0. The van der Waals surface area contributed by atoms with Gasteiger partial charge in [-0.25, -0.2) is 9.97 Å². The molecule has 0 fully saturated rings. The van der Waals surface area contributed by atoms with Gasteiger partial charge in [0.15, 0.2) is 5.13 Å². The van der Waals surface area contributed by atoms with Crippen LogP contribution >= 0.6 is 35.1 Å². The third-order valence-electron chi connectivity index (χ3n) is 4.07. The summed E-state index contributed by atoms with van der Waals surface area (Å²) >= 11 is 3.16. The molecule has 0 aliphatic heterocycles. The van der Waals surface area contributed by atoms with Crippen LogP contribution in [0.2, 0.25) is 0 Å². The number of nitrogens with zero attached hydrogens (tertiary/aromatic N) is 4. The Kier molecular flexibility index (Phi) is 6.97. The highest BCUT2D eigenvalue weighted by Crippen LogP contribution is 2.29. The first-order valence-electron chi connectivity index (χ1n) is 8.64. The first-order valence-corrected chi connectivity index (χ1v) is 10.3. The number of thiophene rings is 1. The molecule has 0 radical (unpaired) electrons. The first-order chi connectivity index (χ1) is 13.3. The van der Waals surface area contributed by atoms with Gasteiger partial charge in [-0.15, -0.1) is 23.7 Å². The largest absolute Gasteiger partial charge is 0.337 e. The van der Waals surface area contributed by atoms with Gasteiger partial charge in [-0.2, -0.15) is 0 Å². The minimum absolute atomic E-state index is 0. The lowest BCUT2D eigenvalue weighted by Gasteiger charge is -2.18. The Hall–Kier alpha value is -2.48. The molecule has 5 nitrogen and oxygen atoms in total. The normalized spacial score (nSPS) is 11.0. The van der Waals surface area contributed by atoms with Crippen molar-refractivity contribution < 1.29 is 4.79 Å². The summed E-state index contributed by atoms with van der Waals surface area (Å²) in [7, 11) is 0. The number of hydrogen-bond acceptors (Lipinski definition) is 5. The molecule has 0 saturated heterocycles. The van der Waals surface area contributed by atoms with Gasteiger partial charge in [-0.1, -0.05) is 29.5 Å². The summed E-state index contributed by atoms with van der Waals surface area (Å²) in [5.41, 5.74) is 0.923. The summed E-state index contributed by atoms with van der Waals surface area (Å²) in [6.45, 7) is 1.41. The Morgan fingerprint density at radius 1 is 1.21 bits per heavy atom. The van der Waals surface area contributed by atoms with E-state index in [1.54, 1.807) is 46.2 Å². The van der Waals surface area contributed by atoms with Crippen LogP contribution in [0.1, 0.15) is 11.3 Å². The topological polar surface area (TPSA) is 51.0 Å². The zero-order valence-electron chi connectivity index (χ0n) is 15.0. The monoisotopic (exact) mass is 430 g/mol. The van der Waals surface area contributed by atoms with Gasteiger partial charge < -0.3 is 4.57 Å². The summed E-state index contributed by atoms with van der Waals surface area (Å²) in [5, 5.41) is 2.74. The molecule has 0 saturated carbocycles. The Morgan fingerprint density at radius 2 is 2.11 bits per heavy atom. The second kappa shape index (κ2) is 9.64. The number of aryl methyl sites for hydroxylation is 1. The molecule has 4 aromatic rings. The number of anilines is 1. The van der Waals surface area contributed by atoms with Crippen LogP contribution in [0.25, 0.3) is 16.3 Å². The average molecular weight is 431 g/mol. The van der Waals surface area contributed by atoms with Crippen LogP contribution in [0.15, 0.2) is 66.6 Å². The minimum Gasteiger partial charge on any atom is -0.337 e. The van der Waals surface area contributed by atoms with Gasteiger partial charge in [0, 0.05) is 36.4 Å². The molecule has 3 aromatic heterocycles. The number of rotatable bonds is 7. The number of thiazole rings is 1. The van der Waals surface area contributed by atoms with Crippen molar-refractivity contribution in [3.63, 3.8) is 0 Å². The van der Waals surface area contributed by atoms with E-state index in [-0.39, 0.29) is 18.3 Å². The fraction of sp³-hybridized carbons (Fsp3) is 0.150. The molecule has 144 valence electrons. The van der Waals surface area contributed by atoms with Crippen molar-refractivity contribution in [2.45, 2.75) is 13.0 Å². The van der Waals surface area contributed by atoms with Gasteiger partial charge in [0.05, 0.1) is 16.5 Å². The van der Waals surface area contributed by atoms with Crippen molar-refractivity contribution in [3.8, 4) is 0 Å². The van der Waals surface area contributed by atoms with E-state index < -0.39 is 0 Å². The molecule has 0 atom stereocenters. The SMILES string of the molecule is Cl.O=C(/C=C/c1cccs1)N(CCCn1ccnc1)c1nc2ccccc2s1. The number of aromatic nitrogens is 3. The van der Waals surface area contributed by atoms with E-state index in [2.05, 4.69) is 9.97 Å². The number of fused-ring (bicyclic) bond motifs is 1. The number of amides is 1. The zero-order chi connectivity index (χ0) is 18.5. The summed E-state index contributed by atoms with van der Waals surface area (Å²) in [6.07, 6.45) is 9.81. The fourth-order valence-corrected chi connectivity index (χ4v) is 4.35. The molecule has 8 heteroatoms. The van der Waals surface area contributed by atoms with E-state index >= 15 is 0 Å². The highest BCUT2D eigenvalue weighted by Gasteiger charge is 2.17. The summed E-state index contributed by atoms with van der Waals surface area (Å²) in [4.78, 5) is 24.5. The molecular formula is C20H19ClN4OS2. The molecule has 0 aliphatic rings. The molecule has 0 spiro atoms. The van der Waals surface area contributed by atoms with Gasteiger partial charge in [-0.05, 0) is 36.1 Å². The Labute approximate surface area is 177 Å². The zero-order valence-corrected chi connectivity index (χ0v) is 17.4. The highest BCUT2D eigenvalue weighted by molar-refractivity contribution is 7.22. The van der Waals surface area contributed by atoms with E-state index in [0.29, 0.717) is 6.54 Å². The van der Waals surface area contributed by atoms with Crippen LogP contribution in [0.3, 0.4) is 0 Å². The number of imidazole rings is 1. The lowest BCUT2D eigenvalue weighted by molar-refractivity contribution is -0.114. The molecule has 0 N–H and O–H groups in total. The van der Waals surface area contributed by atoms with Gasteiger partial charge in [0.2, 0.25) is 0 Å². The lowest BCUT2D eigenvalue weighted by Crippen LogP contribution is -2.30. The van der Waals surface area contributed by atoms with E-state index in [0.717, 1.165) is 33.2 Å². The standard InChI is InChI=1S/C20H18N4OS2.ClH/c25-19(9-8-16-5-3-14-26-16)24(12-4-11-23-13-10-21-15-23)20-22-17-6-1-2-7-18(17)27-20;/h1-3,5-10,13-15H,4,11-12H2;1H/b9-8+;. The third kappa shape index (κ3) is 4.86. The van der Waals surface area contributed by atoms with E-state index in [1.165, 1.54) is 0 Å². The molecule has 4 rings (SSSR count). The van der Waals surface area contributed by atoms with Crippen molar-refractivity contribution in [2.24, 2.45) is 0 Å². The van der Waals surface area contributed by atoms with Gasteiger partial charge in [0.25, 0.3) is 5.91 Å². The second-order valence-electron chi connectivity index (χ2n) is 5.96. The average Bonchev–Trinajstić information content (AvgIpc) is 3.44. The van der Waals surface area contributed by atoms with Crippen molar-refractivity contribution in [1.82, 2.24) is 14.5 Å². The maximum absolute atomic E-state index is 12.9. The predicted octanol–water partition coefficient (Wildman–Crippen LogP) is 5.11. The second-order valence-corrected chi connectivity index (χ2v) is 7.95. The molecule has 0 unspecified atom stereocenters. The number of carbonyl (C=O) groups excluding carboxylic acids is 1. The van der Waals surface area contributed by atoms with Crippen LogP contribution in [0, 0.1) is 0 Å². The van der Waals surface area contributed by atoms with Crippen LogP contribution in [-0.4, -0.2) is 27.0 Å². The quantitative estimate of drug-likeness (QED) is 0.382. The Morgan fingerprint density at radius 3 is 2.86 bits per heavy atom. The third-order valence-corrected chi connectivity index (χ3v) is 5.97. The number of halogens is 1. The van der Waals surface area contributed by atoms with E-state index in [9.17, 15) is 4.79 Å². The minimum atomic E-state index is -0.0481. The fourth-order valence-electron chi connectivity index (χ4n) is 2.74. The van der Waals surface area contributed by atoms with Gasteiger partial charge in [-0.3, -0.25) is 9.69 Å². The molecule has 1 aromatic carbocycles. The molecule has 1 amide bonds. The molecule has 28 heavy (non-hydrogen) atoms. The number of para-hydroxylation sites is 1. The molecule has 3 heterocycles. The van der Waals surface area contributed by atoms with Crippen LogP contribution in [-0.2, 0) is 11.3 Å². The molecule has 0 aliphatic carbocycles. The van der Waals surface area contributed by atoms with Crippen molar-refractivity contribution in [3.05, 3.63) is 71.5 Å². The maximum atomic E-state index is 12.9. The van der Waals surface area contributed by atoms with Crippen molar-refractivity contribution >= 4 is 62.4 Å². The van der Waals surface area contributed by atoms with Crippen LogP contribution in [0.4, 0.5) is 5.13 Å². The van der Waals surface area contributed by atoms with Crippen molar-refractivity contribution in [1.29, 1.82) is 0 Å². The molecular weight excluding hydrogens is 412 g/mol. The lowest BCUT2D eigenvalue weighted by atomic mass is 10.3. The van der Waals surface area contributed by atoms with Gasteiger partial charge in [0.1, 0.15) is 0 Å². The predicted molar refractivity (Wildman–Crippen MR) is 119 cm³/mol. The smallest absolute Gasteiger partial charge is 0.252 e. The van der Waals surface area contributed by atoms with Crippen LogP contribution < -0.4 is 4.90 Å². The van der Waals surface area contributed by atoms with Crippen molar-refractivity contribution in [2.75, 3.05) is 11.4 Å². The summed E-state index contributed by atoms with van der Waals surface area (Å²) in [6, 6.07) is 11.9. The highest BCUT2D eigenvalue weighted by atomic mass is 35.5. The first kappa shape index (κ1) is 20.3. The van der Waals surface area contributed by atoms with Crippen LogP contribution in [0.5, 0.6) is 0 Å². The summed E-state index contributed by atoms with van der Waals surface area (Å²) < 4.78 is 3.10. The van der Waals surface area contributed by atoms with E-state index in [1.807, 2.05) is 58.6 Å². The summed E-state index contributed by atoms with van der Waals surface area (Å²) in [5.74, 6) is -0.0481. The Balaban J connectivity index is 0.00000225. The Bertz CT molecular complexity index is 1010. The van der Waals surface area contributed by atoms with Gasteiger partial charge >= 0.3 is 0 Å². The maximum Gasteiger partial charge on any atom is 0.252 e. The van der Waals surface area contributed by atoms with E-state index in [4.69, 9.17) is 0 Å². The molecule has 0 bridgehead atoms. The number of carbonyl (C=O) groups is 1.